The van der Waals surface area contributed by atoms with Crippen LogP contribution in [-0.4, -0.2) is 39.0 Å². The molecule has 0 aromatic heterocycles. The van der Waals surface area contributed by atoms with Gasteiger partial charge in [-0.25, -0.2) is 13.2 Å². The van der Waals surface area contributed by atoms with Crippen LogP contribution >= 0.6 is 23.2 Å². The van der Waals surface area contributed by atoms with Gasteiger partial charge < -0.3 is 9.84 Å². The van der Waals surface area contributed by atoms with Gasteiger partial charge in [0.15, 0.2) is 9.84 Å². The number of hydrogen-bond acceptors (Lipinski definition) is 4. The van der Waals surface area contributed by atoms with Crippen molar-refractivity contribution in [2.24, 2.45) is 0 Å². The number of rotatable bonds is 6. The van der Waals surface area contributed by atoms with E-state index >= 15 is 0 Å². The minimum atomic E-state index is -3.67. The summed E-state index contributed by atoms with van der Waals surface area (Å²) in [4.78, 5) is 10.8. The van der Waals surface area contributed by atoms with E-state index in [9.17, 15) is 13.2 Å². The standard InChI is InChI=1S/C11H12Cl2O5S/c1-18-5-2-6-19(16,17)8-4-3-7(12)9(10(8)13)11(14)15/h3-4H,2,5-6H2,1H3,(H,14,15). The van der Waals surface area contributed by atoms with Crippen LogP contribution in [0.2, 0.25) is 10.0 Å². The molecule has 0 aliphatic carbocycles. The van der Waals surface area contributed by atoms with Crippen LogP contribution in [0.4, 0.5) is 0 Å². The number of carbonyl (C=O) groups is 1. The van der Waals surface area contributed by atoms with Crippen LogP contribution in [0.5, 0.6) is 0 Å². The van der Waals surface area contributed by atoms with Crippen molar-refractivity contribution in [2.75, 3.05) is 19.5 Å². The molecule has 0 aliphatic heterocycles. The van der Waals surface area contributed by atoms with E-state index in [-0.39, 0.29) is 27.3 Å². The van der Waals surface area contributed by atoms with Gasteiger partial charge in [0.25, 0.3) is 0 Å². The van der Waals surface area contributed by atoms with Gasteiger partial charge in [-0.1, -0.05) is 23.2 Å². The molecule has 1 aromatic carbocycles. The first-order valence-corrected chi connectivity index (χ1v) is 7.65. The Hall–Kier alpha value is -0.820. The van der Waals surface area contributed by atoms with Crippen molar-refractivity contribution in [2.45, 2.75) is 11.3 Å². The van der Waals surface area contributed by atoms with Gasteiger partial charge in [-0.15, -0.1) is 0 Å². The Kier molecular flexibility index (Phi) is 5.61. The second-order valence-corrected chi connectivity index (χ2v) is 6.57. The lowest BCUT2D eigenvalue weighted by atomic mass is 10.2. The Morgan fingerprint density at radius 1 is 1.37 bits per heavy atom. The van der Waals surface area contributed by atoms with Gasteiger partial charge in [-0.2, -0.15) is 0 Å². The van der Waals surface area contributed by atoms with Gasteiger partial charge in [0.1, 0.15) is 0 Å². The molecule has 0 spiro atoms. The van der Waals surface area contributed by atoms with E-state index < -0.39 is 21.4 Å². The molecule has 8 heteroatoms. The molecule has 0 saturated carbocycles. The topological polar surface area (TPSA) is 80.7 Å². The number of ether oxygens (including phenoxy) is 1. The Morgan fingerprint density at radius 3 is 2.53 bits per heavy atom. The van der Waals surface area contributed by atoms with E-state index in [1.165, 1.54) is 19.2 Å². The molecule has 1 N–H and O–H groups in total. The van der Waals surface area contributed by atoms with Gasteiger partial charge in [-0.3, -0.25) is 0 Å². The van der Waals surface area contributed by atoms with Crippen molar-refractivity contribution in [1.82, 2.24) is 0 Å². The minimum absolute atomic E-state index is 0.103. The Bertz CT molecular complexity index is 583. The van der Waals surface area contributed by atoms with E-state index in [1.807, 2.05) is 0 Å². The zero-order valence-electron chi connectivity index (χ0n) is 10.0. The van der Waals surface area contributed by atoms with Crippen LogP contribution in [0.15, 0.2) is 17.0 Å². The lowest BCUT2D eigenvalue weighted by Gasteiger charge is -2.09. The highest BCUT2D eigenvalue weighted by Crippen LogP contribution is 2.31. The molecule has 0 fully saturated rings. The molecule has 1 aromatic rings. The average molecular weight is 327 g/mol. The van der Waals surface area contributed by atoms with Gasteiger partial charge in [0.05, 0.1) is 26.3 Å². The normalized spacial score (nSPS) is 11.5. The van der Waals surface area contributed by atoms with Crippen LogP contribution in [0.25, 0.3) is 0 Å². The number of benzene rings is 1. The summed E-state index contributed by atoms with van der Waals surface area (Å²) in [6, 6.07) is 2.42. The highest BCUT2D eigenvalue weighted by molar-refractivity contribution is 7.91. The summed E-state index contributed by atoms with van der Waals surface area (Å²) in [6.07, 6.45) is 0.292. The summed E-state index contributed by atoms with van der Waals surface area (Å²) in [5.41, 5.74) is -0.406. The second-order valence-electron chi connectivity index (χ2n) is 3.70. The summed E-state index contributed by atoms with van der Waals surface area (Å²) in [5, 5.41) is 8.50. The predicted molar refractivity (Wildman–Crippen MR) is 72.0 cm³/mol. The van der Waals surface area contributed by atoms with Crippen molar-refractivity contribution >= 4 is 39.0 Å². The molecule has 0 heterocycles. The zero-order chi connectivity index (χ0) is 14.6. The van der Waals surface area contributed by atoms with Crippen LogP contribution in [0.1, 0.15) is 16.8 Å². The monoisotopic (exact) mass is 326 g/mol. The molecule has 106 valence electrons. The SMILES string of the molecule is COCCCS(=O)(=O)c1ccc(Cl)c(C(=O)O)c1Cl. The molecule has 0 amide bonds. The number of halogens is 2. The smallest absolute Gasteiger partial charge is 0.338 e. The fraction of sp³-hybridized carbons (Fsp3) is 0.364. The number of aromatic carboxylic acids is 1. The number of carboxylic acids is 1. The maximum Gasteiger partial charge on any atom is 0.338 e. The van der Waals surface area contributed by atoms with E-state index in [1.54, 1.807) is 0 Å². The largest absolute Gasteiger partial charge is 0.478 e. The summed E-state index contributed by atoms with van der Waals surface area (Å²) in [7, 11) is -2.21. The van der Waals surface area contributed by atoms with Crippen molar-refractivity contribution in [3.8, 4) is 0 Å². The molecule has 5 nitrogen and oxygen atoms in total. The van der Waals surface area contributed by atoms with Crippen molar-refractivity contribution in [3.05, 3.63) is 27.7 Å². The van der Waals surface area contributed by atoms with Crippen molar-refractivity contribution < 1.29 is 23.1 Å². The van der Waals surface area contributed by atoms with E-state index in [4.69, 9.17) is 33.0 Å². The molecule has 19 heavy (non-hydrogen) atoms. The van der Waals surface area contributed by atoms with E-state index in [2.05, 4.69) is 0 Å². The lowest BCUT2D eigenvalue weighted by molar-refractivity contribution is 0.0697. The Morgan fingerprint density at radius 2 is 2.00 bits per heavy atom. The van der Waals surface area contributed by atoms with Gasteiger partial charge >= 0.3 is 5.97 Å². The first-order chi connectivity index (χ1) is 8.81. The first kappa shape index (κ1) is 16.2. The van der Waals surface area contributed by atoms with Crippen LogP contribution in [0, 0.1) is 0 Å². The summed E-state index contributed by atoms with van der Waals surface area (Å²) >= 11 is 11.5. The maximum absolute atomic E-state index is 12.0. The molecule has 0 bridgehead atoms. The molecular weight excluding hydrogens is 315 g/mol. The Balaban J connectivity index is 3.21. The van der Waals surface area contributed by atoms with Crippen LogP contribution < -0.4 is 0 Å². The number of carboxylic acid groups (broad SMARTS) is 1. The molecule has 0 saturated heterocycles. The van der Waals surface area contributed by atoms with Crippen molar-refractivity contribution in [3.63, 3.8) is 0 Å². The summed E-state index contributed by atoms with van der Waals surface area (Å²) < 4.78 is 28.8. The van der Waals surface area contributed by atoms with E-state index in [0.29, 0.717) is 6.42 Å². The van der Waals surface area contributed by atoms with Gasteiger partial charge in [0.2, 0.25) is 0 Å². The Labute approximate surface area is 121 Å². The third-order valence-electron chi connectivity index (χ3n) is 2.37. The van der Waals surface area contributed by atoms with Crippen LogP contribution in [-0.2, 0) is 14.6 Å². The number of methoxy groups -OCH3 is 1. The predicted octanol–water partition coefficient (Wildman–Crippen LogP) is 2.50. The third kappa shape index (κ3) is 3.82. The first-order valence-electron chi connectivity index (χ1n) is 5.24. The molecule has 0 aliphatic rings. The fourth-order valence-electron chi connectivity index (χ4n) is 1.47. The molecule has 0 unspecified atom stereocenters. The number of hydrogen-bond donors (Lipinski definition) is 1. The van der Waals surface area contributed by atoms with Crippen LogP contribution in [0.3, 0.4) is 0 Å². The fourth-order valence-corrected chi connectivity index (χ4v) is 3.73. The lowest BCUT2D eigenvalue weighted by Crippen LogP contribution is -2.11. The maximum atomic E-state index is 12.0. The third-order valence-corrected chi connectivity index (χ3v) is 5.02. The van der Waals surface area contributed by atoms with E-state index in [0.717, 1.165) is 0 Å². The summed E-state index contributed by atoms with van der Waals surface area (Å²) in [6.45, 7) is 0.288. The summed E-state index contributed by atoms with van der Waals surface area (Å²) in [5.74, 6) is -1.55. The molecule has 0 radical (unpaired) electrons. The zero-order valence-corrected chi connectivity index (χ0v) is 12.3. The minimum Gasteiger partial charge on any atom is -0.478 e. The highest BCUT2D eigenvalue weighted by atomic mass is 35.5. The number of sulfone groups is 1. The molecular formula is C11H12Cl2O5S. The highest BCUT2D eigenvalue weighted by Gasteiger charge is 2.24. The molecule has 0 atom stereocenters. The van der Waals surface area contributed by atoms with Gasteiger partial charge in [0, 0.05) is 13.7 Å². The molecule has 1 rings (SSSR count). The average Bonchev–Trinajstić information content (AvgIpc) is 2.28. The van der Waals surface area contributed by atoms with Crippen molar-refractivity contribution in [1.29, 1.82) is 0 Å². The second kappa shape index (κ2) is 6.56. The quantitative estimate of drug-likeness (QED) is 0.812. The van der Waals surface area contributed by atoms with Gasteiger partial charge in [-0.05, 0) is 18.6 Å².